The molecule has 0 bridgehead atoms. The summed E-state index contributed by atoms with van der Waals surface area (Å²) in [6, 6.07) is 0. The molecule has 76 valence electrons. The first-order chi connectivity index (χ1) is 6.08. The highest BCUT2D eigenvalue weighted by molar-refractivity contribution is 7.75. The van der Waals surface area contributed by atoms with E-state index in [-0.39, 0.29) is 5.97 Å². The van der Waals surface area contributed by atoms with E-state index in [1.54, 1.807) is 0 Å². The third-order valence-electron chi connectivity index (χ3n) is 2.57. The summed E-state index contributed by atoms with van der Waals surface area (Å²) in [5.74, 6) is -0.307. The van der Waals surface area contributed by atoms with Crippen LogP contribution in [-0.4, -0.2) is 37.7 Å². The molecule has 0 aliphatic heterocycles. The van der Waals surface area contributed by atoms with Gasteiger partial charge in [-0.3, -0.25) is 0 Å². The van der Waals surface area contributed by atoms with Gasteiger partial charge in [-0.15, -0.1) is 0 Å². The highest BCUT2D eigenvalue weighted by Gasteiger charge is 2.26. The fourth-order valence-electron chi connectivity index (χ4n) is 0.965. The van der Waals surface area contributed by atoms with Crippen LogP contribution in [0.15, 0.2) is 12.7 Å². The van der Waals surface area contributed by atoms with E-state index in [1.165, 1.54) is 18.4 Å². The Hall–Kier alpha value is -0.360. The van der Waals surface area contributed by atoms with Gasteiger partial charge in [-0.2, -0.15) is 0 Å². The second-order valence-electron chi connectivity index (χ2n) is 3.35. The summed E-state index contributed by atoms with van der Waals surface area (Å²) < 4.78 is 4.96. The standard InChI is InChI=1S/C10H20O2P/c1-5-10(11)12-8-9-13(4,6-2)7-3/h5H,1,6-9H2,2-4H3/q+1. The van der Waals surface area contributed by atoms with Gasteiger partial charge in [0.2, 0.25) is 0 Å². The van der Waals surface area contributed by atoms with Gasteiger partial charge in [-0.05, 0) is 13.8 Å². The van der Waals surface area contributed by atoms with Crippen LogP contribution >= 0.6 is 7.26 Å². The van der Waals surface area contributed by atoms with Crippen LogP contribution in [0.4, 0.5) is 0 Å². The summed E-state index contributed by atoms with van der Waals surface area (Å²) in [7, 11) is -0.809. The Morgan fingerprint density at radius 3 is 2.38 bits per heavy atom. The molecule has 13 heavy (non-hydrogen) atoms. The van der Waals surface area contributed by atoms with Gasteiger partial charge in [0, 0.05) is 20.0 Å². The van der Waals surface area contributed by atoms with E-state index >= 15 is 0 Å². The number of carbonyl (C=O) groups excluding carboxylic acids is 1. The first kappa shape index (κ1) is 12.6. The lowest BCUT2D eigenvalue weighted by Gasteiger charge is -2.19. The van der Waals surface area contributed by atoms with E-state index in [4.69, 9.17) is 4.74 Å². The molecule has 3 heteroatoms. The summed E-state index contributed by atoms with van der Waals surface area (Å²) in [4.78, 5) is 10.7. The van der Waals surface area contributed by atoms with E-state index in [1.807, 2.05) is 0 Å². The van der Waals surface area contributed by atoms with Crippen molar-refractivity contribution in [1.29, 1.82) is 0 Å². The predicted molar refractivity (Wildman–Crippen MR) is 59.9 cm³/mol. The van der Waals surface area contributed by atoms with E-state index in [2.05, 4.69) is 27.1 Å². The second-order valence-corrected chi connectivity index (χ2v) is 8.30. The van der Waals surface area contributed by atoms with Crippen molar-refractivity contribution in [2.75, 3.05) is 31.8 Å². The minimum atomic E-state index is -0.809. The van der Waals surface area contributed by atoms with Crippen molar-refractivity contribution in [3.63, 3.8) is 0 Å². The highest BCUT2D eigenvalue weighted by atomic mass is 31.2. The Balaban J connectivity index is 3.73. The fourth-order valence-corrected chi connectivity index (χ4v) is 2.58. The zero-order chi connectivity index (χ0) is 10.3. The third kappa shape index (κ3) is 5.05. The summed E-state index contributed by atoms with van der Waals surface area (Å²) in [6.45, 7) is 10.7. The molecule has 0 aromatic carbocycles. The molecule has 0 aromatic rings. The fraction of sp³-hybridized carbons (Fsp3) is 0.700. The van der Waals surface area contributed by atoms with Crippen LogP contribution in [0.1, 0.15) is 13.8 Å². The van der Waals surface area contributed by atoms with E-state index in [9.17, 15) is 4.79 Å². The van der Waals surface area contributed by atoms with Crippen LogP contribution in [-0.2, 0) is 9.53 Å². The number of hydrogen-bond acceptors (Lipinski definition) is 2. The number of carbonyl (C=O) groups is 1. The smallest absolute Gasteiger partial charge is 0.330 e. The quantitative estimate of drug-likeness (QED) is 0.376. The zero-order valence-corrected chi connectivity index (χ0v) is 9.77. The topological polar surface area (TPSA) is 26.3 Å². The molecule has 0 aromatic heterocycles. The third-order valence-corrected chi connectivity index (χ3v) is 6.89. The van der Waals surface area contributed by atoms with E-state index in [0.29, 0.717) is 6.61 Å². The van der Waals surface area contributed by atoms with Crippen LogP contribution in [0.2, 0.25) is 0 Å². The normalized spacial score (nSPS) is 11.0. The van der Waals surface area contributed by atoms with Gasteiger partial charge in [0.25, 0.3) is 0 Å². The molecule has 0 rings (SSSR count). The molecular weight excluding hydrogens is 183 g/mol. The molecule has 0 spiro atoms. The minimum Gasteiger partial charge on any atom is -0.459 e. The lowest BCUT2D eigenvalue weighted by Crippen LogP contribution is -2.11. The Labute approximate surface area is 81.7 Å². The molecule has 0 unspecified atom stereocenters. The molecule has 0 N–H and O–H groups in total. The number of hydrogen-bond donors (Lipinski definition) is 0. The SMILES string of the molecule is C=CC(=O)OCC[P+](C)(CC)CC. The Morgan fingerprint density at radius 2 is 2.00 bits per heavy atom. The molecule has 0 aliphatic rings. The Morgan fingerprint density at radius 1 is 1.46 bits per heavy atom. The maximum Gasteiger partial charge on any atom is 0.330 e. The molecule has 0 radical (unpaired) electrons. The second kappa shape index (κ2) is 6.15. The van der Waals surface area contributed by atoms with E-state index in [0.717, 1.165) is 6.16 Å². The molecule has 0 fully saturated rings. The first-order valence-corrected chi connectivity index (χ1v) is 7.50. The molecule has 0 saturated heterocycles. The lowest BCUT2D eigenvalue weighted by atomic mass is 10.6. The van der Waals surface area contributed by atoms with E-state index < -0.39 is 7.26 Å². The van der Waals surface area contributed by atoms with Crippen LogP contribution < -0.4 is 0 Å². The maximum absolute atomic E-state index is 10.7. The van der Waals surface area contributed by atoms with Gasteiger partial charge in [-0.1, -0.05) is 6.58 Å². The van der Waals surface area contributed by atoms with Gasteiger partial charge in [0.15, 0.2) is 0 Å². The zero-order valence-electron chi connectivity index (χ0n) is 8.88. The molecule has 0 heterocycles. The summed E-state index contributed by atoms with van der Waals surface area (Å²) >= 11 is 0. The van der Waals surface area contributed by atoms with Gasteiger partial charge in [0.1, 0.15) is 6.61 Å². The molecule has 2 nitrogen and oxygen atoms in total. The highest BCUT2D eigenvalue weighted by Crippen LogP contribution is 2.53. The van der Waals surface area contributed by atoms with Crippen LogP contribution in [0.3, 0.4) is 0 Å². The molecular formula is C10H20O2P+. The largest absolute Gasteiger partial charge is 0.459 e. The van der Waals surface area contributed by atoms with Gasteiger partial charge in [0.05, 0.1) is 18.5 Å². The van der Waals surface area contributed by atoms with Crippen LogP contribution in [0.5, 0.6) is 0 Å². The van der Waals surface area contributed by atoms with Crippen molar-refractivity contribution in [2.24, 2.45) is 0 Å². The average Bonchev–Trinajstić information content (AvgIpc) is 2.17. The minimum absolute atomic E-state index is 0.307. The molecule has 0 saturated carbocycles. The summed E-state index contributed by atoms with van der Waals surface area (Å²) in [5.41, 5.74) is 0. The van der Waals surface area contributed by atoms with Crippen LogP contribution in [0, 0.1) is 0 Å². The predicted octanol–water partition coefficient (Wildman–Crippen LogP) is 2.40. The van der Waals surface area contributed by atoms with Crippen LogP contribution in [0.25, 0.3) is 0 Å². The average molecular weight is 203 g/mol. The monoisotopic (exact) mass is 203 g/mol. The lowest BCUT2D eigenvalue weighted by molar-refractivity contribution is -0.137. The molecule has 0 amide bonds. The Bertz CT molecular complexity index is 174. The number of rotatable bonds is 6. The van der Waals surface area contributed by atoms with Crippen molar-refractivity contribution in [1.82, 2.24) is 0 Å². The van der Waals surface area contributed by atoms with Crippen molar-refractivity contribution in [3.05, 3.63) is 12.7 Å². The van der Waals surface area contributed by atoms with Crippen molar-refractivity contribution < 1.29 is 9.53 Å². The van der Waals surface area contributed by atoms with Gasteiger partial charge < -0.3 is 4.74 Å². The summed E-state index contributed by atoms with van der Waals surface area (Å²) in [5, 5.41) is 0. The van der Waals surface area contributed by atoms with Gasteiger partial charge in [-0.25, -0.2) is 4.79 Å². The number of ether oxygens (including phenoxy) is 1. The maximum atomic E-state index is 10.7. The molecule has 0 atom stereocenters. The Kier molecular flexibility index (Phi) is 5.98. The van der Waals surface area contributed by atoms with Crippen molar-refractivity contribution in [2.45, 2.75) is 13.8 Å². The first-order valence-electron chi connectivity index (χ1n) is 4.70. The number of esters is 1. The summed E-state index contributed by atoms with van der Waals surface area (Å²) in [6.07, 6.45) is 4.72. The van der Waals surface area contributed by atoms with Crippen molar-refractivity contribution >= 4 is 13.2 Å². The molecule has 0 aliphatic carbocycles. The van der Waals surface area contributed by atoms with Crippen molar-refractivity contribution in [3.8, 4) is 0 Å². The van der Waals surface area contributed by atoms with Gasteiger partial charge >= 0.3 is 5.97 Å².